The molecule has 0 bridgehead atoms. The Morgan fingerprint density at radius 1 is 1.09 bits per heavy atom. The van der Waals surface area contributed by atoms with Crippen LogP contribution in [0.3, 0.4) is 0 Å². The fraction of sp³-hybridized carbons (Fsp3) is 0.278. The summed E-state index contributed by atoms with van der Waals surface area (Å²) in [6.07, 6.45) is 0. The van der Waals surface area contributed by atoms with Gasteiger partial charge in [-0.2, -0.15) is 0 Å². The zero-order valence-corrected chi connectivity index (χ0v) is 13.5. The van der Waals surface area contributed by atoms with Gasteiger partial charge in [-0.3, -0.25) is 4.79 Å². The van der Waals surface area contributed by atoms with Crippen molar-refractivity contribution in [2.24, 2.45) is 0 Å². The number of hydrogen-bond donors (Lipinski definition) is 2. The maximum atomic E-state index is 13.2. The Morgan fingerprint density at radius 2 is 1.83 bits per heavy atom. The van der Waals surface area contributed by atoms with Gasteiger partial charge in [-0.1, -0.05) is 6.07 Å². The number of nitrogens with two attached hydrogens (primary N) is 1. The maximum Gasteiger partial charge on any atom is 0.279 e. The van der Waals surface area contributed by atoms with Crippen LogP contribution in [0.5, 0.6) is 0 Å². The Kier molecular flexibility index (Phi) is 5.45. The van der Waals surface area contributed by atoms with Gasteiger partial charge in [-0.25, -0.2) is 8.78 Å². The molecule has 2 rings (SSSR count). The van der Waals surface area contributed by atoms with Crippen molar-refractivity contribution in [2.75, 3.05) is 11.9 Å². The molecule has 1 atom stereocenters. The predicted octanol–water partition coefficient (Wildman–Crippen LogP) is 2.84. The van der Waals surface area contributed by atoms with Crippen molar-refractivity contribution in [2.45, 2.75) is 26.8 Å². The van der Waals surface area contributed by atoms with Crippen molar-refractivity contribution in [1.29, 1.82) is 0 Å². The van der Waals surface area contributed by atoms with Gasteiger partial charge in [-0.15, -0.1) is 0 Å². The molecule has 0 fully saturated rings. The summed E-state index contributed by atoms with van der Waals surface area (Å²) in [6, 6.07) is 9.39. The summed E-state index contributed by atoms with van der Waals surface area (Å²) >= 11 is 0. The van der Waals surface area contributed by atoms with Crippen LogP contribution >= 0.6 is 0 Å². The number of aryl methyl sites for hydroxylation is 2. The monoisotopic (exact) mass is 319 g/mol. The van der Waals surface area contributed by atoms with E-state index in [1.165, 1.54) is 11.6 Å². The van der Waals surface area contributed by atoms with Crippen molar-refractivity contribution in [3.05, 3.63) is 64.7 Å². The molecule has 3 nitrogen and oxygen atoms in total. The highest BCUT2D eigenvalue weighted by Crippen LogP contribution is 2.14. The molecule has 0 aromatic heterocycles. The summed E-state index contributed by atoms with van der Waals surface area (Å²) in [5, 5.41) is 4.61. The van der Waals surface area contributed by atoms with Crippen LogP contribution in [0.1, 0.15) is 29.7 Å². The normalized spacial score (nSPS) is 12.0. The molecule has 1 amide bonds. The van der Waals surface area contributed by atoms with Crippen molar-refractivity contribution in [1.82, 2.24) is 0 Å². The molecule has 0 unspecified atom stereocenters. The van der Waals surface area contributed by atoms with Gasteiger partial charge in [0, 0.05) is 11.3 Å². The zero-order chi connectivity index (χ0) is 17.0. The minimum atomic E-state index is -0.873. The van der Waals surface area contributed by atoms with Gasteiger partial charge >= 0.3 is 0 Å². The van der Waals surface area contributed by atoms with Crippen molar-refractivity contribution < 1.29 is 18.9 Å². The van der Waals surface area contributed by atoms with Gasteiger partial charge in [-0.05, 0) is 62.2 Å². The fourth-order valence-electron chi connectivity index (χ4n) is 2.25. The minimum absolute atomic E-state index is 0.136. The molecular weight excluding hydrogens is 298 g/mol. The third-order valence-corrected chi connectivity index (χ3v) is 3.92. The summed E-state index contributed by atoms with van der Waals surface area (Å²) < 4.78 is 26.2. The second-order valence-corrected chi connectivity index (χ2v) is 5.75. The number of benzene rings is 2. The molecule has 0 saturated carbocycles. The lowest BCUT2D eigenvalue weighted by Crippen LogP contribution is -2.86. The molecule has 0 saturated heterocycles. The van der Waals surface area contributed by atoms with Crippen LogP contribution < -0.4 is 10.6 Å². The van der Waals surface area contributed by atoms with Crippen molar-refractivity contribution in [3.63, 3.8) is 0 Å². The van der Waals surface area contributed by atoms with E-state index in [-0.39, 0.29) is 18.5 Å². The molecule has 0 spiro atoms. The first-order valence-corrected chi connectivity index (χ1v) is 7.52. The SMILES string of the molecule is Cc1ccc(NC(=O)C[NH2+][C@@H](C)c2ccc(F)c(F)c2)cc1C. The Bertz CT molecular complexity index is 716. The second kappa shape index (κ2) is 7.33. The Morgan fingerprint density at radius 3 is 2.48 bits per heavy atom. The van der Waals surface area contributed by atoms with Crippen LogP contribution in [-0.2, 0) is 4.79 Å². The van der Waals surface area contributed by atoms with Crippen molar-refractivity contribution >= 4 is 11.6 Å². The van der Waals surface area contributed by atoms with Gasteiger partial charge in [0.2, 0.25) is 0 Å². The van der Waals surface area contributed by atoms with Crippen LogP contribution in [-0.4, -0.2) is 12.5 Å². The molecule has 2 aromatic rings. The molecule has 0 radical (unpaired) electrons. The topological polar surface area (TPSA) is 45.7 Å². The third kappa shape index (κ3) is 4.60. The Hall–Kier alpha value is -2.27. The Labute approximate surface area is 134 Å². The van der Waals surface area contributed by atoms with Gasteiger partial charge < -0.3 is 10.6 Å². The van der Waals surface area contributed by atoms with E-state index in [1.807, 2.05) is 39.0 Å². The van der Waals surface area contributed by atoms with Gasteiger partial charge in [0.15, 0.2) is 18.2 Å². The highest BCUT2D eigenvalue weighted by molar-refractivity contribution is 5.91. The number of nitrogens with one attached hydrogen (secondary N) is 1. The molecule has 0 aliphatic heterocycles. The highest BCUT2D eigenvalue weighted by atomic mass is 19.2. The van der Waals surface area contributed by atoms with Crippen LogP contribution in [0.4, 0.5) is 14.5 Å². The minimum Gasteiger partial charge on any atom is -0.333 e. The molecule has 5 heteroatoms. The second-order valence-electron chi connectivity index (χ2n) is 5.75. The number of anilines is 1. The highest BCUT2D eigenvalue weighted by Gasteiger charge is 2.14. The lowest BCUT2D eigenvalue weighted by molar-refractivity contribution is -0.682. The summed E-state index contributed by atoms with van der Waals surface area (Å²) in [6.45, 7) is 6.05. The van der Waals surface area contributed by atoms with E-state index in [1.54, 1.807) is 5.32 Å². The van der Waals surface area contributed by atoms with Crippen LogP contribution in [0.15, 0.2) is 36.4 Å². The first-order chi connectivity index (χ1) is 10.9. The van der Waals surface area contributed by atoms with E-state index >= 15 is 0 Å². The van der Waals surface area contributed by atoms with E-state index in [9.17, 15) is 13.6 Å². The van der Waals surface area contributed by atoms with E-state index in [0.717, 1.165) is 23.4 Å². The summed E-state index contributed by atoms with van der Waals surface area (Å²) in [5.74, 6) is -1.88. The summed E-state index contributed by atoms with van der Waals surface area (Å²) in [7, 11) is 0. The third-order valence-electron chi connectivity index (χ3n) is 3.92. The smallest absolute Gasteiger partial charge is 0.279 e. The number of carbonyl (C=O) groups excluding carboxylic acids is 1. The fourth-order valence-corrected chi connectivity index (χ4v) is 2.25. The first kappa shape index (κ1) is 17.1. The zero-order valence-electron chi connectivity index (χ0n) is 13.5. The quantitative estimate of drug-likeness (QED) is 0.874. The molecule has 0 aliphatic carbocycles. The average molecular weight is 319 g/mol. The number of rotatable bonds is 5. The van der Waals surface area contributed by atoms with Gasteiger partial charge in [0.1, 0.15) is 6.04 Å². The number of quaternary nitrogens is 1. The Balaban J connectivity index is 1.90. The van der Waals surface area contributed by atoms with E-state index in [0.29, 0.717) is 5.56 Å². The van der Waals surface area contributed by atoms with Crippen molar-refractivity contribution in [3.8, 4) is 0 Å². The van der Waals surface area contributed by atoms with E-state index in [2.05, 4.69) is 5.32 Å². The molecule has 23 heavy (non-hydrogen) atoms. The first-order valence-electron chi connectivity index (χ1n) is 7.52. The predicted molar refractivity (Wildman–Crippen MR) is 86.1 cm³/mol. The maximum absolute atomic E-state index is 13.2. The number of halogens is 2. The molecule has 3 N–H and O–H groups in total. The average Bonchev–Trinajstić information content (AvgIpc) is 2.51. The largest absolute Gasteiger partial charge is 0.333 e. The lowest BCUT2D eigenvalue weighted by atomic mass is 10.1. The molecular formula is C18H21F2N2O+. The molecule has 2 aromatic carbocycles. The lowest BCUT2D eigenvalue weighted by Gasteiger charge is -2.12. The van der Waals surface area contributed by atoms with E-state index < -0.39 is 11.6 Å². The standard InChI is InChI=1S/C18H20F2N2O/c1-11-4-6-15(8-12(11)2)22-18(23)10-21-13(3)14-5-7-16(19)17(20)9-14/h4-9,13,21H,10H2,1-3H3,(H,22,23)/p+1/t13-/m0/s1. The number of amides is 1. The van der Waals surface area contributed by atoms with Crippen LogP contribution in [0.2, 0.25) is 0 Å². The van der Waals surface area contributed by atoms with Crippen LogP contribution in [0.25, 0.3) is 0 Å². The molecule has 0 aliphatic rings. The van der Waals surface area contributed by atoms with E-state index in [4.69, 9.17) is 0 Å². The molecule has 0 heterocycles. The summed E-state index contributed by atoms with van der Waals surface area (Å²) in [5.41, 5.74) is 3.68. The van der Waals surface area contributed by atoms with Gasteiger partial charge in [0.25, 0.3) is 5.91 Å². The van der Waals surface area contributed by atoms with Gasteiger partial charge in [0.05, 0.1) is 0 Å². The number of carbonyl (C=O) groups is 1. The summed E-state index contributed by atoms with van der Waals surface area (Å²) in [4.78, 5) is 12.0. The molecule has 122 valence electrons. The van der Waals surface area contributed by atoms with Crippen LogP contribution in [0, 0.1) is 25.5 Å². The number of hydrogen-bond acceptors (Lipinski definition) is 1.